The lowest BCUT2D eigenvalue weighted by atomic mass is 10.1. The summed E-state index contributed by atoms with van der Waals surface area (Å²) < 4.78 is 42.8. The second kappa shape index (κ2) is 8.13. The highest BCUT2D eigenvalue weighted by Gasteiger charge is 2.18. The van der Waals surface area contributed by atoms with E-state index in [1.54, 1.807) is 42.7 Å². The predicted molar refractivity (Wildman–Crippen MR) is 113 cm³/mol. The summed E-state index contributed by atoms with van der Waals surface area (Å²) in [6.45, 7) is -0.0897. The van der Waals surface area contributed by atoms with Gasteiger partial charge in [-0.25, -0.2) is 19.3 Å². The lowest BCUT2D eigenvalue weighted by Crippen LogP contribution is -2.03. The van der Waals surface area contributed by atoms with Crippen LogP contribution in [0.25, 0.3) is 28.3 Å². The Labute approximate surface area is 177 Å². The van der Waals surface area contributed by atoms with Crippen molar-refractivity contribution in [3.63, 3.8) is 0 Å². The number of pyridine rings is 1. The molecule has 1 aromatic carbocycles. The second-order valence-corrected chi connectivity index (χ2v) is 8.89. The first-order chi connectivity index (χ1) is 14.3. The largest absolute Gasteiger partial charge is 0.298 e. The Hall–Kier alpha value is -2.82. The minimum atomic E-state index is -3.56. The van der Waals surface area contributed by atoms with Gasteiger partial charge in [0.15, 0.2) is 5.16 Å². The Morgan fingerprint density at radius 1 is 1.13 bits per heavy atom. The first-order valence-electron chi connectivity index (χ1n) is 8.83. The van der Waals surface area contributed by atoms with Gasteiger partial charge in [0.25, 0.3) is 10.1 Å². The molecule has 30 heavy (non-hydrogen) atoms. The summed E-state index contributed by atoms with van der Waals surface area (Å²) in [5.74, 6) is -0.337. The van der Waals surface area contributed by atoms with Gasteiger partial charge in [0.2, 0.25) is 0 Å². The molecule has 0 aliphatic heterocycles. The van der Waals surface area contributed by atoms with E-state index in [1.807, 2.05) is 10.7 Å². The molecule has 0 atom stereocenters. The smallest absolute Gasteiger partial charge is 0.264 e. The topological polar surface area (TPSA) is 86.5 Å². The number of hydrogen-bond acceptors (Lipinski definition) is 7. The van der Waals surface area contributed by atoms with Crippen LogP contribution < -0.4 is 0 Å². The molecular weight excluding hydrogens is 427 g/mol. The Morgan fingerprint density at radius 2 is 1.90 bits per heavy atom. The molecule has 0 unspecified atom stereocenters. The first-order valence-corrected chi connectivity index (χ1v) is 11.9. The van der Waals surface area contributed by atoms with E-state index in [4.69, 9.17) is 9.17 Å². The van der Waals surface area contributed by atoms with Crippen LogP contribution in [0.15, 0.2) is 60.0 Å². The Bertz CT molecular complexity index is 1320. The molecule has 0 spiro atoms. The van der Waals surface area contributed by atoms with E-state index in [2.05, 4.69) is 9.97 Å². The standard InChI is InChI=1S/C20H17FN4O3S2/c1-29-20-22-9-7-16(23-20)19-18(14-3-5-15(21)6-4-14)24-17-11-13(8-10-25(17)19)12-28-30(2,26)27/h3-11H,12H2,1-2H3. The molecule has 0 fully saturated rings. The number of aromatic nitrogens is 4. The minimum Gasteiger partial charge on any atom is -0.298 e. The van der Waals surface area contributed by atoms with Gasteiger partial charge in [-0.3, -0.25) is 8.58 Å². The molecular formula is C20H17FN4O3S2. The monoisotopic (exact) mass is 444 g/mol. The molecule has 0 amide bonds. The van der Waals surface area contributed by atoms with Crippen LogP contribution in [0.2, 0.25) is 0 Å². The fraction of sp³-hybridized carbons (Fsp3) is 0.150. The van der Waals surface area contributed by atoms with Crippen LogP contribution in [0.3, 0.4) is 0 Å². The quantitative estimate of drug-likeness (QED) is 0.254. The van der Waals surface area contributed by atoms with Crippen molar-refractivity contribution in [3.05, 3.63) is 66.2 Å². The average Bonchev–Trinajstić information content (AvgIpc) is 3.11. The van der Waals surface area contributed by atoms with Gasteiger partial charge in [-0.2, -0.15) is 8.42 Å². The lowest BCUT2D eigenvalue weighted by molar-refractivity contribution is 0.311. The molecule has 154 valence electrons. The summed E-state index contributed by atoms with van der Waals surface area (Å²) in [6.07, 6.45) is 6.36. The molecule has 0 saturated heterocycles. The highest BCUT2D eigenvalue weighted by atomic mass is 32.2. The fourth-order valence-corrected chi connectivity index (χ4v) is 3.68. The lowest BCUT2D eigenvalue weighted by Gasteiger charge is -2.07. The highest BCUT2D eigenvalue weighted by Crippen LogP contribution is 2.32. The number of thioether (sulfide) groups is 1. The Morgan fingerprint density at radius 3 is 2.60 bits per heavy atom. The minimum absolute atomic E-state index is 0.0897. The maximum atomic E-state index is 13.5. The summed E-state index contributed by atoms with van der Waals surface area (Å²) in [7, 11) is -3.56. The Balaban J connectivity index is 1.89. The number of rotatable bonds is 6. The molecule has 3 aromatic heterocycles. The number of halogens is 1. The molecule has 4 rings (SSSR count). The van der Waals surface area contributed by atoms with Crippen molar-refractivity contribution >= 4 is 27.5 Å². The van der Waals surface area contributed by atoms with Gasteiger partial charge in [-0.05, 0) is 54.3 Å². The summed E-state index contributed by atoms with van der Waals surface area (Å²) in [4.78, 5) is 13.5. The average molecular weight is 445 g/mol. The normalized spacial score (nSPS) is 11.8. The van der Waals surface area contributed by atoms with Crippen LogP contribution >= 0.6 is 11.8 Å². The highest BCUT2D eigenvalue weighted by molar-refractivity contribution is 7.98. The zero-order chi connectivity index (χ0) is 21.3. The van der Waals surface area contributed by atoms with Crippen LogP contribution in [-0.4, -0.2) is 40.3 Å². The van der Waals surface area contributed by atoms with E-state index in [-0.39, 0.29) is 12.4 Å². The predicted octanol–water partition coefficient (Wildman–Crippen LogP) is 3.80. The molecule has 0 saturated carbocycles. The van der Waals surface area contributed by atoms with Gasteiger partial charge in [-0.15, -0.1) is 0 Å². The van der Waals surface area contributed by atoms with Gasteiger partial charge in [-0.1, -0.05) is 11.8 Å². The van der Waals surface area contributed by atoms with Crippen LogP contribution in [0.1, 0.15) is 5.56 Å². The number of fused-ring (bicyclic) bond motifs is 1. The third kappa shape index (κ3) is 4.35. The molecule has 3 heterocycles. The molecule has 0 N–H and O–H groups in total. The van der Waals surface area contributed by atoms with Crippen LogP contribution in [-0.2, 0) is 20.9 Å². The van der Waals surface area contributed by atoms with E-state index in [9.17, 15) is 12.8 Å². The van der Waals surface area contributed by atoms with E-state index in [0.29, 0.717) is 27.8 Å². The van der Waals surface area contributed by atoms with Crippen molar-refractivity contribution < 1.29 is 17.0 Å². The number of imidazole rings is 1. The number of benzene rings is 1. The molecule has 0 aliphatic rings. The fourth-order valence-electron chi connectivity index (χ4n) is 2.98. The molecule has 4 aromatic rings. The third-order valence-electron chi connectivity index (χ3n) is 4.31. The van der Waals surface area contributed by atoms with Crippen molar-refractivity contribution in [1.82, 2.24) is 19.4 Å². The van der Waals surface area contributed by atoms with Gasteiger partial charge in [0.1, 0.15) is 11.5 Å². The Kier molecular flexibility index (Phi) is 5.54. The summed E-state index contributed by atoms with van der Waals surface area (Å²) in [6, 6.07) is 11.4. The SMILES string of the molecule is CSc1nccc(-c2c(-c3ccc(F)cc3)nc3cc(COS(C)(=O)=O)ccn23)n1. The number of nitrogens with zero attached hydrogens (tertiary/aromatic N) is 4. The maximum Gasteiger partial charge on any atom is 0.264 e. The molecule has 7 nitrogen and oxygen atoms in total. The third-order valence-corrected chi connectivity index (χ3v) is 5.41. The van der Waals surface area contributed by atoms with Crippen molar-refractivity contribution in [1.29, 1.82) is 0 Å². The van der Waals surface area contributed by atoms with Gasteiger partial charge < -0.3 is 0 Å². The summed E-state index contributed by atoms with van der Waals surface area (Å²) in [5.41, 5.74) is 3.99. The van der Waals surface area contributed by atoms with Crippen molar-refractivity contribution in [3.8, 4) is 22.6 Å². The van der Waals surface area contributed by atoms with E-state index >= 15 is 0 Å². The van der Waals surface area contributed by atoms with Crippen LogP contribution in [0, 0.1) is 5.82 Å². The van der Waals surface area contributed by atoms with Gasteiger partial charge >= 0.3 is 0 Å². The molecule has 0 aliphatic carbocycles. The molecule has 0 bridgehead atoms. The van der Waals surface area contributed by atoms with Gasteiger partial charge in [0, 0.05) is 18.0 Å². The zero-order valence-electron chi connectivity index (χ0n) is 16.1. The molecule has 10 heteroatoms. The van der Waals surface area contributed by atoms with Crippen molar-refractivity contribution in [2.45, 2.75) is 11.8 Å². The summed E-state index contributed by atoms with van der Waals surface area (Å²) >= 11 is 1.43. The van der Waals surface area contributed by atoms with E-state index < -0.39 is 10.1 Å². The van der Waals surface area contributed by atoms with E-state index in [0.717, 1.165) is 17.5 Å². The van der Waals surface area contributed by atoms with Crippen LogP contribution in [0.4, 0.5) is 4.39 Å². The van der Waals surface area contributed by atoms with Crippen molar-refractivity contribution in [2.24, 2.45) is 0 Å². The molecule has 0 radical (unpaired) electrons. The number of hydrogen-bond donors (Lipinski definition) is 0. The zero-order valence-corrected chi connectivity index (χ0v) is 17.7. The van der Waals surface area contributed by atoms with E-state index in [1.165, 1.54) is 23.9 Å². The maximum absolute atomic E-state index is 13.5. The summed E-state index contributed by atoms with van der Waals surface area (Å²) in [5, 5.41) is 0.616. The van der Waals surface area contributed by atoms with Crippen LogP contribution in [0.5, 0.6) is 0 Å². The second-order valence-electron chi connectivity index (χ2n) is 6.47. The van der Waals surface area contributed by atoms with Gasteiger partial charge in [0.05, 0.1) is 29.9 Å². The van der Waals surface area contributed by atoms with Crippen molar-refractivity contribution in [2.75, 3.05) is 12.5 Å². The first kappa shape index (κ1) is 20.5.